The number of carbonyl (C=O) groups excluding carboxylic acids is 2. The fourth-order valence-corrected chi connectivity index (χ4v) is 6.28. The summed E-state index contributed by atoms with van der Waals surface area (Å²) in [4.78, 5) is 38.4. The lowest BCUT2D eigenvalue weighted by molar-refractivity contribution is 0.0690. The number of thiazole rings is 1. The van der Waals surface area contributed by atoms with E-state index in [0.717, 1.165) is 32.6 Å². The number of halogens is 1. The second-order valence-corrected chi connectivity index (χ2v) is 10.8. The van der Waals surface area contributed by atoms with Crippen molar-refractivity contribution in [1.29, 1.82) is 0 Å². The van der Waals surface area contributed by atoms with Crippen LogP contribution < -0.4 is 5.32 Å². The number of benzene rings is 2. The highest BCUT2D eigenvalue weighted by molar-refractivity contribution is 7.15. The predicted octanol–water partition coefficient (Wildman–Crippen LogP) is 5.21. The van der Waals surface area contributed by atoms with E-state index in [2.05, 4.69) is 15.3 Å². The molecule has 1 saturated carbocycles. The summed E-state index contributed by atoms with van der Waals surface area (Å²) in [7, 11) is 0. The molecule has 0 spiro atoms. The molecule has 4 aromatic rings. The van der Waals surface area contributed by atoms with Crippen LogP contribution in [0, 0.1) is 18.8 Å². The van der Waals surface area contributed by atoms with Gasteiger partial charge in [-0.3, -0.25) is 14.6 Å². The number of hydrogen-bond acceptors (Lipinski definition) is 5. The third-order valence-electron chi connectivity index (χ3n) is 6.95. The standard InChI is InChI=1S/C27H23ClN4O2S/c1-15-31-24(25(35-15)17-6-4-7-19(28)11-17)27(34)32-14-18-12-21(18)22(32)13-30-26(33)23-20-8-3-2-5-16(20)9-10-29-23/h2-11,18,21-22H,12-14H2,1H3,(H,30,33)/t18-,21-,22+/m0/s1. The fraction of sp³-hybridized carbons (Fsp3) is 0.259. The molecule has 1 saturated heterocycles. The van der Waals surface area contributed by atoms with Gasteiger partial charge in [-0.05, 0) is 54.3 Å². The lowest BCUT2D eigenvalue weighted by Crippen LogP contribution is -2.46. The van der Waals surface area contributed by atoms with Gasteiger partial charge in [0.1, 0.15) is 11.4 Å². The van der Waals surface area contributed by atoms with Gasteiger partial charge in [0.25, 0.3) is 11.8 Å². The molecule has 2 aromatic heterocycles. The molecule has 0 radical (unpaired) electrons. The van der Waals surface area contributed by atoms with Crippen molar-refractivity contribution in [3.8, 4) is 10.4 Å². The number of likely N-dealkylation sites (tertiary alicyclic amines) is 1. The maximum absolute atomic E-state index is 13.7. The van der Waals surface area contributed by atoms with E-state index in [0.29, 0.717) is 41.3 Å². The Kier molecular flexibility index (Phi) is 5.54. The van der Waals surface area contributed by atoms with Gasteiger partial charge in [0.2, 0.25) is 0 Å². The van der Waals surface area contributed by atoms with Crippen molar-refractivity contribution in [2.75, 3.05) is 13.1 Å². The van der Waals surface area contributed by atoms with Gasteiger partial charge in [-0.25, -0.2) is 4.98 Å². The van der Waals surface area contributed by atoms with Crippen molar-refractivity contribution < 1.29 is 9.59 Å². The topological polar surface area (TPSA) is 75.2 Å². The number of nitrogens with one attached hydrogen (secondary N) is 1. The van der Waals surface area contributed by atoms with Gasteiger partial charge in [0.05, 0.1) is 15.9 Å². The minimum absolute atomic E-state index is 0.0550. The molecule has 6 rings (SSSR count). The van der Waals surface area contributed by atoms with Gasteiger partial charge in [-0.15, -0.1) is 11.3 Å². The molecule has 1 aliphatic heterocycles. The summed E-state index contributed by atoms with van der Waals surface area (Å²) in [6.45, 7) is 3.00. The Morgan fingerprint density at radius 2 is 2.00 bits per heavy atom. The Balaban J connectivity index is 1.23. The van der Waals surface area contributed by atoms with Crippen LogP contribution in [0.3, 0.4) is 0 Å². The fourth-order valence-electron chi connectivity index (χ4n) is 5.18. The van der Waals surface area contributed by atoms with Crippen molar-refractivity contribution >= 4 is 45.5 Å². The summed E-state index contributed by atoms with van der Waals surface area (Å²) in [6, 6.07) is 17.1. The van der Waals surface area contributed by atoms with Crippen molar-refractivity contribution in [2.45, 2.75) is 19.4 Å². The number of amides is 2. The highest BCUT2D eigenvalue weighted by Crippen LogP contribution is 2.50. The van der Waals surface area contributed by atoms with Crippen LogP contribution in [0.1, 0.15) is 32.4 Å². The van der Waals surface area contributed by atoms with Crippen LogP contribution in [0.2, 0.25) is 5.02 Å². The predicted molar refractivity (Wildman–Crippen MR) is 138 cm³/mol. The monoisotopic (exact) mass is 502 g/mol. The second kappa shape index (κ2) is 8.73. The number of piperidine rings is 1. The van der Waals surface area contributed by atoms with E-state index in [1.54, 1.807) is 6.20 Å². The normalized spacial score (nSPS) is 20.6. The number of hydrogen-bond donors (Lipinski definition) is 1. The summed E-state index contributed by atoms with van der Waals surface area (Å²) in [5.74, 6) is 0.599. The number of fused-ring (bicyclic) bond motifs is 2. The van der Waals surface area contributed by atoms with Gasteiger partial charge < -0.3 is 10.2 Å². The van der Waals surface area contributed by atoms with Gasteiger partial charge >= 0.3 is 0 Å². The first-order chi connectivity index (χ1) is 17.0. The Morgan fingerprint density at radius 1 is 1.14 bits per heavy atom. The van der Waals surface area contributed by atoms with Gasteiger partial charge in [-0.1, -0.05) is 48.0 Å². The summed E-state index contributed by atoms with van der Waals surface area (Å²) in [5.41, 5.74) is 1.76. The molecular formula is C27H23ClN4O2S. The number of aryl methyl sites for hydroxylation is 1. The summed E-state index contributed by atoms with van der Waals surface area (Å²) in [5, 5.41) is 6.30. The van der Waals surface area contributed by atoms with Crippen molar-refractivity contribution in [3.63, 3.8) is 0 Å². The number of pyridine rings is 1. The lowest BCUT2D eigenvalue weighted by atomic mass is 10.1. The Morgan fingerprint density at radius 3 is 2.86 bits per heavy atom. The molecule has 1 aliphatic carbocycles. The highest BCUT2D eigenvalue weighted by atomic mass is 35.5. The van der Waals surface area contributed by atoms with E-state index in [9.17, 15) is 9.59 Å². The SMILES string of the molecule is Cc1nc(C(=O)N2C[C@@H]3C[C@@H]3[C@H]2CNC(=O)c2nccc3ccccc23)c(-c2cccc(Cl)c2)s1. The van der Waals surface area contributed by atoms with Crippen LogP contribution >= 0.6 is 22.9 Å². The van der Waals surface area contributed by atoms with E-state index in [1.165, 1.54) is 11.3 Å². The molecule has 8 heteroatoms. The van der Waals surface area contributed by atoms with Crippen LogP contribution in [0.25, 0.3) is 21.2 Å². The molecule has 2 aromatic carbocycles. The first-order valence-electron chi connectivity index (χ1n) is 11.7. The highest BCUT2D eigenvalue weighted by Gasteiger charge is 2.54. The molecule has 2 amide bonds. The van der Waals surface area contributed by atoms with Crippen molar-refractivity contribution in [3.05, 3.63) is 82.2 Å². The second-order valence-electron chi connectivity index (χ2n) is 9.20. The number of aromatic nitrogens is 2. The molecule has 2 aliphatic rings. The van der Waals surface area contributed by atoms with E-state index in [4.69, 9.17) is 11.6 Å². The summed E-state index contributed by atoms with van der Waals surface area (Å²) >= 11 is 7.71. The van der Waals surface area contributed by atoms with Gasteiger partial charge in [0.15, 0.2) is 0 Å². The van der Waals surface area contributed by atoms with Crippen LogP contribution in [-0.2, 0) is 0 Å². The van der Waals surface area contributed by atoms with Gasteiger partial charge in [-0.2, -0.15) is 0 Å². The Labute approximate surface area is 212 Å². The van der Waals surface area contributed by atoms with E-state index in [1.807, 2.05) is 66.4 Å². The summed E-state index contributed by atoms with van der Waals surface area (Å²) < 4.78 is 0. The number of carbonyl (C=O) groups is 2. The maximum Gasteiger partial charge on any atom is 0.274 e. The first-order valence-corrected chi connectivity index (χ1v) is 12.9. The van der Waals surface area contributed by atoms with Crippen LogP contribution in [0.5, 0.6) is 0 Å². The molecule has 3 heterocycles. The van der Waals surface area contributed by atoms with Crippen molar-refractivity contribution in [2.24, 2.45) is 11.8 Å². The number of nitrogens with zero attached hydrogens (tertiary/aromatic N) is 3. The third-order valence-corrected chi connectivity index (χ3v) is 8.20. The molecule has 0 unspecified atom stereocenters. The van der Waals surface area contributed by atoms with Crippen LogP contribution in [0.4, 0.5) is 0 Å². The van der Waals surface area contributed by atoms with Crippen LogP contribution in [0.15, 0.2) is 60.8 Å². The minimum Gasteiger partial charge on any atom is -0.349 e. The molecular weight excluding hydrogens is 480 g/mol. The molecule has 3 atom stereocenters. The smallest absolute Gasteiger partial charge is 0.274 e. The zero-order chi connectivity index (χ0) is 24.1. The average Bonchev–Trinajstić information content (AvgIpc) is 3.38. The largest absolute Gasteiger partial charge is 0.349 e. The lowest BCUT2D eigenvalue weighted by Gasteiger charge is -2.27. The van der Waals surface area contributed by atoms with Gasteiger partial charge in [0, 0.05) is 29.7 Å². The Hall–Kier alpha value is -3.29. The molecule has 35 heavy (non-hydrogen) atoms. The molecule has 0 bridgehead atoms. The third kappa shape index (κ3) is 4.09. The molecule has 2 fully saturated rings. The molecule has 6 nitrogen and oxygen atoms in total. The van der Waals surface area contributed by atoms with E-state index >= 15 is 0 Å². The van der Waals surface area contributed by atoms with E-state index in [-0.39, 0.29) is 17.9 Å². The minimum atomic E-state index is -0.220. The zero-order valence-electron chi connectivity index (χ0n) is 19.1. The first kappa shape index (κ1) is 22.2. The zero-order valence-corrected chi connectivity index (χ0v) is 20.6. The van der Waals surface area contributed by atoms with Crippen molar-refractivity contribution in [1.82, 2.24) is 20.2 Å². The van der Waals surface area contributed by atoms with Crippen LogP contribution in [-0.4, -0.2) is 45.8 Å². The number of rotatable bonds is 5. The molecule has 176 valence electrons. The van der Waals surface area contributed by atoms with E-state index < -0.39 is 0 Å². The Bertz CT molecular complexity index is 1460. The summed E-state index contributed by atoms with van der Waals surface area (Å²) in [6.07, 6.45) is 2.75. The maximum atomic E-state index is 13.7. The quantitative estimate of drug-likeness (QED) is 0.406. The average molecular weight is 503 g/mol. The molecule has 1 N–H and O–H groups in total.